The van der Waals surface area contributed by atoms with Gasteiger partial charge in [0.2, 0.25) is 6.54 Å². The quantitative estimate of drug-likeness (QED) is 0.448. The van der Waals surface area contributed by atoms with E-state index >= 15 is 0 Å². The van der Waals surface area contributed by atoms with Gasteiger partial charge in [-0.1, -0.05) is 17.7 Å². The van der Waals surface area contributed by atoms with Gasteiger partial charge in [-0.15, -0.1) is 0 Å². The standard InChI is InChI=1S/C11H13NO3S/c1-10-4-6-11(7-5-10)16(13,14)15-9-3-8-12-2/h4-7H,3,8-9H2,1H3. The van der Waals surface area contributed by atoms with E-state index in [9.17, 15) is 8.42 Å². The molecule has 0 fully saturated rings. The molecule has 0 aromatic heterocycles. The van der Waals surface area contributed by atoms with E-state index in [-0.39, 0.29) is 18.0 Å². The Kier molecular flexibility index (Phi) is 4.47. The fraction of sp³-hybridized carbons (Fsp3) is 0.364. The molecule has 1 rings (SSSR count). The molecule has 0 unspecified atom stereocenters. The summed E-state index contributed by atoms with van der Waals surface area (Å²) in [5.74, 6) is 0. The van der Waals surface area contributed by atoms with Crippen LogP contribution in [0.2, 0.25) is 0 Å². The van der Waals surface area contributed by atoms with Crippen LogP contribution in [0.4, 0.5) is 0 Å². The minimum atomic E-state index is -3.66. The third-order valence-electron chi connectivity index (χ3n) is 1.96. The van der Waals surface area contributed by atoms with Crippen LogP contribution in [0.25, 0.3) is 4.85 Å². The maximum atomic E-state index is 11.6. The van der Waals surface area contributed by atoms with Gasteiger partial charge in [-0.25, -0.2) is 6.57 Å². The first-order chi connectivity index (χ1) is 7.56. The van der Waals surface area contributed by atoms with E-state index in [4.69, 9.17) is 10.8 Å². The first kappa shape index (κ1) is 12.7. The highest BCUT2D eigenvalue weighted by atomic mass is 32.2. The van der Waals surface area contributed by atoms with Crippen LogP contribution in [0.15, 0.2) is 29.2 Å². The van der Waals surface area contributed by atoms with Crippen molar-refractivity contribution in [2.75, 3.05) is 13.2 Å². The Bertz CT molecular complexity index is 471. The molecule has 5 heteroatoms. The topological polar surface area (TPSA) is 47.7 Å². The molecule has 86 valence electrons. The van der Waals surface area contributed by atoms with Gasteiger partial charge in [-0.05, 0) is 19.1 Å². The highest BCUT2D eigenvalue weighted by Crippen LogP contribution is 2.13. The predicted octanol–water partition coefficient (Wildman–Crippen LogP) is 2.01. The zero-order valence-electron chi connectivity index (χ0n) is 9.01. The Labute approximate surface area is 95.8 Å². The van der Waals surface area contributed by atoms with Crippen molar-refractivity contribution >= 4 is 10.1 Å². The van der Waals surface area contributed by atoms with E-state index < -0.39 is 10.1 Å². The Morgan fingerprint density at radius 1 is 1.31 bits per heavy atom. The Morgan fingerprint density at radius 3 is 2.50 bits per heavy atom. The summed E-state index contributed by atoms with van der Waals surface area (Å²) in [6, 6.07) is 6.46. The van der Waals surface area contributed by atoms with Crippen LogP contribution >= 0.6 is 0 Å². The molecule has 16 heavy (non-hydrogen) atoms. The molecule has 0 radical (unpaired) electrons. The average Bonchev–Trinajstić information content (AvgIpc) is 2.25. The van der Waals surface area contributed by atoms with Crippen molar-refractivity contribution in [1.82, 2.24) is 0 Å². The second-order valence-electron chi connectivity index (χ2n) is 3.32. The SMILES string of the molecule is [C-]#[N+]CCCOS(=O)(=O)c1ccc(C)cc1. The maximum absolute atomic E-state index is 11.6. The van der Waals surface area contributed by atoms with E-state index in [0.717, 1.165) is 5.56 Å². The lowest BCUT2D eigenvalue weighted by Crippen LogP contribution is -2.08. The zero-order valence-corrected chi connectivity index (χ0v) is 9.83. The summed E-state index contributed by atoms with van der Waals surface area (Å²) in [6.07, 6.45) is 0.425. The molecule has 4 nitrogen and oxygen atoms in total. The largest absolute Gasteiger partial charge is 0.317 e. The molecule has 0 aliphatic rings. The molecule has 1 aromatic carbocycles. The predicted molar refractivity (Wildman–Crippen MR) is 60.4 cm³/mol. The van der Waals surface area contributed by atoms with E-state index in [1.165, 1.54) is 12.1 Å². The molecule has 0 atom stereocenters. The molecule has 0 bridgehead atoms. The van der Waals surface area contributed by atoms with Crippen LogP contribution in [-0.2, 0) is 14.3 Å². The second-order valence-corrected chi connectivity index (χ2v) is 4.94. The van der Waals surface area contributed by atoms with Gasteiger partial charge in [-0.2, -0.15) is 8.42 Å². The van der Waals surface area contributed by atoms with Crippen molar-refractivity contribution in [1.29, 1.82) is 0 Å². The summed E-state index contributed by atoms with van der Waals surface area (Å²) >= 11 is 0. The first-order valence-corrected chi connectivity index (χ1v) is 6.26. The van der Waals surface area contributed by atoms with Crippen LogP contribution in [0.5, 0.6) is 0 Å². The minimum Gasteiger partial charge on any atom is -0.317 e. The van der Waals surface area contributed by atoms with Crippen LogP contribution in [0, 0.1) is 13.5 Å². The van der Waals surface area contributed by atoms with Gasteiger partial charge < -0.3 is 4.85 Å². The van der Waals surface area contributed by atoms with Gasteiger partial charge in [0.15, 0.2) is 0 Å². The van der Waals surface area contributed by atoms with E-state index in [1.54, 1.807) is 12.1 Å². The van der Waals surface area contributed by atoms with Gasteiger partial charge in [0, 0.05) is 6.42 Å². The van der Waals surface area contributed by atoms with Crippen LogP contribution < -0.4 is 0 Å². The fourth-order valence-electron chi connectivity index (χ4n) is 1.09. The van der Waals surface area contributed by atoms with Gasteiger partial charge in [0.1, 0.15) is 0 Å². The summed E-state index contributed by atoms with van der Waals surface area (Å²) in [4.78, 5) is 3.27. The highest BCUT2D eigenvalue weighted by molar-refractivity contribution is 7.86. The van der Waals surface area contributed by atoms with E-state index in [2.05, 4.69) is 4.85 Å². The van der Waals surface area contributed by atoms with Gasteiger partial charge in [0.25, 0.3) is 10.1 Å². The molecule has 1 aromatic rings. The molecule has 0 spiro atoms. The summed E-state index contributed by atoms with van der Waals surface area (Å²) in [6.45, 7) is 8.76. The zero-order chi connectivity index (χ0) is 12.0. The lowest BCUT2D eigenvalue weighted by molar-refractivity contribution is 0.317. The van der Waals surface area contributed by atoms with E-state index in [1.807, 2.05) is 6.92 Å². The van der Waals surface area contributed by atoms with Crippen molar-refractivity contribution in [2.45, 2.75) is 18.2 Å². The Balaban J connectivity index is 2.64. The van der Waals surface area contributed by atoms with Crippen LogP contribution in [0.3, 0.4) is 0 Å². The third kappa shape index (κ3) is 3.65. The van der Waals surface area contributed by atoms with Crippen molar-refractivity contribution < 1.29 is 12.6 Å². The first-order valence-electron chi connectivity index (χ1n) is 4.85. The maximum Gasteiger partial charge on any atom is 0.296 e. The molecule has 0 saturated heterocycles. The normalized spacial score (nSPS) is 11.0. The molecule has 0 N–H and O–H groups in total. The molecular formula is C11H13NO3S. The number of nitrogens with zero attached hydrogens (tertiary/aromatic N) is 1. The summed E-state index contributed by atoms with van der Waals surface area (Å²) in [7, 11) is -3.66. The van der Waals surface area contributed by atoms with E-state index in [0.29, 0.717) is 6.42 Å². The Morgan fingerprint density at radius 2 is 1.94 bits per heavy atom. The fourth-order valence-corrected chi connectivity index (χ4v) is 2.03. The summed E-state index contributed by atoms with van der Waals surface area (Å²) in [5, 5.41) is 0. The molecular weight excluding hydrogens is 226 g/mol. The molecule has 0 aliphatic carbocycles. The van der Waals surface area contributed by atoms with Gasteiger partial charge >= 0.3 is 0 Å². The molecule has 0 amide bonds. The van der Waals surface area contributed by atoms with Crippen molar-refractivity contribution in [3.63, 3.8) is 0 Å². The number of aryl methyl sites for hydroxylation is 1. The monoisotopic (exact) mass is 239 g/mol. The highest BCUT2D eigenvalue weighted by Gasteiger charge is 2.14. The van der Waals surface area contributed by atoms with Crippen molar-refractivity contribution in [3.05, 3.63) is 41.2 Å². The second kappa shape index (κ2) is 5.64. The number of rotatable bonds is 5. The third-order valence-corrected chi connectivity index (χ3v) is 3.29. The summed E-state index contributed by atoms with van der Waals surface area (Å²) in [5.41, 5.74) is 0.993. The minimum absolute atomic E-state index is 0.0542. The smallest absolute Gasteiger partial charge is 0.296 e. The Hall–Kier alpha value is -1.38. The number of hydrogen-bond acceptors (Lipinski definition) is 3. The summed E-state index contributed by atoms with van der Waals surface area (Å²) < 4.78 is 28.0. The average molecular weight is 239 g/mol. The van der Waals surface area contributed by atoms with Gasteiger partial charge in [0.05, 0.1) is 11.5 Å². The van der Waals surface area contributed by atoms with Crippen LogP contribution in [0.1, 0.15) is 12.0 Å². The van der Waals surface area contributed by atoms with Crippen molar-refractivity contribution in [2.24, 2.45) is 0 Å². The van der Waals surface area contributed by atoms with Crippen molar-refractivity contribution in [3.8, 4) is 0 Å². The lowest BCUT2D eigenvalue weighted by atomic mass is 10.2. The molecule has 0 saturated carbocycles. The van der Waals surface area contributed by atoms with Gasteiger partial charge in [-0.3, -0.25) is 4.18 Å². The van der Waals surface area contributed by atoms with Crippen LogP contribution in [-0.4, -0.2) is 21.6 Å². The number of hydrogen-bond donors (Lipinski definition) is 0. The lowest BCUT2D eigenvalue weighted by Gasteiger charge is -2.04. The number of benzene rings is 1. The molecule has 0 aliphatic heterocycles. The molecule has 0 heterocycles.